The van der Waals surface area contributed by atoms with Crippen LogP contribution in [0.5, 0.6) is 0 Å². The van der Waals surface area contributed by atoms with Gasteiger partial charge in [-0.3, -0.25) is 0 Å². The quantitative estimate of drug-likeness (QED) is 0.725. The van der Waals surface area contributed by atoms with Crippen LogP contribution in [-0.2, 0) is 14.6 Å². The Labute approximate surface area is 123 Å². The number of nitrogens with one attached hydrogen (secondary N) is 1. The molecule has 0 fully saturated rings. The van der Waals surface area contributed by atoms with Gasteiger partial charge in [0, 0.05) is 13.2 Å². The van der Waals surface area contributed by atoms with Crippen molar-refractivity contribution >= 4 is 15.5 Å². The van der Waals surface area contributed by atoms with Crippen LogP contribution in [0.1, 0.15) is 12.8 Å². The van der Waals surface area contributed by atoms with E-state index in [0.29, 0.717) is 26.0 Å². The van der Waals surface area contributed by atoms with E-state index in [2.05, 4.69) is 5.32 Å². The van der Waals surface area contributed by atoms with Crippen LogP contribution in [0.4, 0.5) is 14.5 Å². The first-order valence-electron chi connectivity index (χ1n) is 6.50. The normalized spacial score (nSPS) is 13.4. The minimum Gasteiger partial charge on any atom is -0.383 e. The number of hydrogen-bond donors (Lipinski definition) is 2. The van der Waals surface area contributed by atoms with Crippen LogP contribution in [0.3, 0.4) is 0 Å². The van der Waals surface area contributed by atoms with Crippen LogP contribution in [-0.4, -0.2) is 40.5 Å². The average Bonchev–Trinajstić information content (AvgIpc) is 2.45. The van der Waals surface area contributed by atoms with Gasteiger partial charge in [-0.05, 0) is 31.5 Å². The van der Waals surface area contributed by atoms with Crippen molar-refractivity contribution in [1.29, 1.82) is 0 Å². The number of methoxy groups -OCH3 is 1. The summed E-state index contributed by atoms with van der Waals surface area (Å²) in [4.78, 5) is -0.408. The van der Waals surface area contributed by atoms with E-state index in [4.69, 9.17) is 10.5 Å². The maximum atomic E-state index is 12.7. The Morgan fingerprint density at radius 2 is 2.00 bits per heavy atom. The summed E-state index contributed by atoms with van der Waals surface area (Å²) >= 11 is 0. The number of benzene rings is 1. The SMILES string of the molecule is COCC(CCCN)Nc1ccccc1S(=O)(=O)C(F)F. The molecule has 0 saturated heterocycles. The van der Waals surface area contributed by atoms with Gasteiger partial charge in [0.15, 0.2) is 0 Å². The third kappa shape index (κ3) is 4.90. The van der Waals surface area contributed by atoms with Crippen LogP contribution in [0.2, 0.25) is 0 Å². The smallest absolute Gasteiger partial charge is 0.341 e. The lowest BCUT2D eigenvalue weighted by Crippen LogP contribution is -2.27. The summed E-state index contributed by atoms with van der Waals surface area (Å²) in [5, 5.41) is 2.95. The molecule has 120 valence electrons. The number of nitrogens with two attached hydrogens (primary N) is 1. The van der Waals surface area contributed by atoms with Crippen molar-refractivity contribution in [2.24, 2.45) is 5.73 Å². The first-order chi connectivity index (χ1) is 9.93. The van der Waals surface area contributed by atoms with E-state index in [1.54, 1.807) is 6.07 Å². The minimum atomic E-state index is -4.65. The molecule has 1 aromatic carbocycles. The number of halogens is 2. The third-order valence-corrected chi connectivity index (χ3v) is 4.35. The molecule has 0 spiro atoms. The number of anilines is 1. The molecule has 1 atom stereocenters. The van der Waals surface area contributed by atoms with Gasteiger partial charge in [-0.1, -0.05) is 12.1 Å². The van der Waals surface area contributed by atoms with Crippen molar-refractivity contribution < 1.29 is 21.9 Å². The molecular formula is C13H20F2N2O3S. The van der Waals surface area contributed by atoms with Crippen molar-refractivity contribution in [3.8, 4) is 0 Å². The first kappa shape index (κ1) is 17.8. The molecule has 0 radical (unpaired) electrons. The molecule has 21 heavy (non-hydrogen) atoms. The Balaban J connectivity index is 3.02. The van der Waals surface area contributed by atoms with E-state index in [-0.39, 0.29) is 11.7 Å². The molecular weight excluding hydrogens is 302 g/mol. The van der Waals surface area contributed by atoms with Gasteiger partial charge in [0.05, 0.1) is 17.2 Å². The topological polar surface area (TPSA) is 81.4 Å². The number of hydrogen-bond acceptors (Lipinski definition) is 5. The van der Waals surface area contributed by atoms with Crippen molar-refractivity contribution in [3.05, 3.63) is 24.3 Å². The Kier molecular flexibility index (Phi) is 7.00. The van der Waals surface area contributed by atoms with E-state index in [1.807, 2.05) is 0 Å². The van der Waals surface area contributed by atoms with Gasteiger partial charge >= 0.3 is 5.76 Å². The number of para-hydroxylation sites is 1. The van der Waals surface area contributed by atoms with Gasteiger partial charge in [-0.15, -0.1) is 0 Å². The number of rotatable bonds is 9. The highest BCUT2D eigenvalue weighted by Crippen LogP contribution is 2.27. The van der Waals surface area contributed by atoms with E-state index in [9.17, 15) is 17.2 Å². The van der Waals surface area contributed by atoms with Crippen LogP contribution >= 0.6 is 0 Å². The zero-order valence-electron chi connectivity index (χ0n) is 11.8. The molecule has 0 aromatic heterocycles. The standard InChI is InChI=1S/C13H20F2N2O3S/c1-20-9-10(5-4-8-16)17-11-6-2-3-7-12(11)21(18,19)13(14)15/h2-3,6-7,10,13,17H,4-5,8-9,16H2,1H3. The predicted molar refractivity (Wildman–Crippen MR) is 77.2 cm³/mol. The number of sulfone groups is 1. The maximum absolute atomic E-state index is 12.7. The van der Waals surface area contributed by atoms with Crippen molar-refractivity contribution in [2.75, 3.05) is 25.6 Å². The Morgan fingerprint density at radius 1 is 1.33 bits per heavy atom. The summed E-state index contributed by atoms with van der Waals surface area (Å²) < 4.78 is 53.8. The van der Waals surface area contributed by atoms with Crippen molar-refractivity contribution in [1.82, 2.24) is 0 Å². The largest absolute Gasteiger partial charge is 0.383 e. The fraction of sp³-hybridized carbons (Fsp3) is 0.538. The minimum absolute atomic E-state index is 0.150. The predicted octanol–water partition coefficient (Wildman–Crippen LogP) is 1.85. The number of ether oxygens (including phenoxy) is 1. The molecule has 8 heteroatoms. The zero-order valence-corrected chi connectivity index (χ0v) is 12.6. The van der Waals surface area contributed by atoms with Crippen LogP contribution < -0.4 is 11.1 Å². The van der Waals surface area contributed by atoms with Gasteiger partial charge in [0.25, 0.3) is 0 Å². The van der Waals surface area contributed by atoms with E-state index in [0.717, 1.165) is 6.07 Å². The molecule has 0 aliphatic heterocycles. The second-order valence-electron chi connectivity index (χ2n) is 4.53. The summed E-state index contributed by atoms with van der Waals surface area (Å²) in [6.45, 7) is 0.807. The molecule has 1 unspecified atom stereocenters. The lowest BCUT2D eigenvalue weighted by molar-refractivity contribution is 0.182. The zero-order chi connectivity index (χ0) is 15.9. The van der Waals surface area contributed by atoms with Crippen LogP contribution in [0.15, 0.2) is 29.2 Å². The molecule has 1 rings (SSSR count). The lowest BCUT2D eigenvalue weighted by atomic mass is 10.1. The van der Waals surface area contributed by atoms with Gasteiger partial charge in [0.1, 0.15) is 0 Å². The fourth-order valence-electron chi connectivity index (χ4n) is 1.91. The van der Waals surface area contributed by atoms with Gasteiger partial charge < -0.3 is 15.8 Å². The third-order valence-electron chi connectivity index (χ3n) is 2.91. The average molecular weight is 322 g/mol. The lowest BCUT2D eigenvalue weighted by Gasteiger charge is -2.21. The van der Waals surface area contributed by atoms with Gasteiger partial charge in [0.2, 0.25) is 9.84 Å². The van der Waals surface area contributed by atoms with Gasteiger partial charge in [-0.2, -0.15) is 8.78 Å². The summed E-state index contributed by atoms with van der Waals surface area (Å²) in [6.07, 6.45) is 1.36. The molecule has 1 aromatic rings. The molecule has 0 saturated carbocycles. The summed E-state index contributed by atoms with van der Waals surface area (Å²) in [6, 6.07) is 5.41. The Bertz CT molecular complexity index is 538. The Hall–Kier alpha value is -1.25. The highest BCUT2D eigenvalue weighted by atomic mass is 32.2. The fourth-order valence-corrected chi connectivity index (χ4v) is 2.81. The van der Waals surface area contributed by atoms with Gasteiger partial charge in [-0.25, -0.2) is 8.42 Å². The number of alkyl halides is 2. The molecule has 5 nitrogen and oxygen atoms in total. The maximum Gasteiger partial charge on any atom is 0.341 e. The monoisotopic (exact) mass is 322 g/mol. The summed E-state index contributed by atoms with van der Waals surface area (Å²) in [7, 11) is -3.14. The van der Waals surface area contributed by atoms with Crippen molar-refractivity contribution in [3.63, 3.8) is 0 Å². The van der Waals surface area contributed by atoms with E-state index in [1.165, 1.54) is 19.2 Å². The molecule has 0 bridgehead atoms. The van der Waals surface area contributed by atoms with Crippen molar-refractivity contribution in [2.45, 2.75) is 29.5 Å². The second-order valence-corrected chi connectivity index (χ2v) is 6.42. The first-order valence-corrected chi connectivity index (χ1v) is 8.04. The molecule has 0 aliphatic rings. The molecule has 0 heterocycles. The molecule has 0 aliphatic carbocycles. The summed E-state index contributed by atoms with van der Waals surface area (Å²) in [5.41, 5.74) is 5.59. The van der Waals surface area contributed by atoms with Crippen LogP contribution in [0.25, 0.3) is 0 Å². The van der Waals surface area contributed by atoms with Crippen LogP contribution in [0, 0.1) is 0 Å². The van der Waals surface area contributed by atoms with E-state index >= 15 is 0 Å². The highest BCUT2D eigenvalue weighted by Gasteiger charge is 2.29. The highest BCUT2D eigenvalue weighted by molar-refractivity contribution is 7.91. The van der Waals surface area contributed by atoms with E-state index < -0.39 is 20.5 Å². The molecule has 3 N–H and O–H groups in total. The summed E-state index contributed by atoms with van der Waals surface area (Å²) in [5.74, 6) is -3.45. The Morgan fingerprint density at radius 3 is 2.57 bits per heavy atom. The molecule has 0 amide bonds. The second kappa shape index (κ2) is 8.26.